The highest BCUT2D eigenvalue weighted by molar-refractivity contribution is 8.00. The van der Waals surface area contributed by atoms with Crippen molar-refractivity contribution < 1.29 is 9.18 Å². The molecule has 108 valence electrons. The molecule has 0 saturated carbocycles. The molecule has 5 heteroatoms. The third-order valence-corrected chi connectivity index (χ3v) is 4.43. The van der Waals surface area contributed by atoms with Gasteiger partial charge < -0.3 is 5.32 Å². The van der Waals surface area contributed by atoms with Crippen LogP contribution in [0.25, 0.3) is 0 Å². The van der Waals surface area contributed by atoms with Gasteiger partial charge in [-0.1, -0.05) is 26.0 Å². The minimum Gasteiger partial charge on any atom is -0.337 e. The summed E-state index contributed by atoms with van der Waals surface area (Å²) < 4.78 is 13.5. The highest BCUT2D eigenvalue weighted by atomic mass is 32.2. The van der Waals surface area contributed by atoms with Gasteiger partial charge in [0, 0.05) is 4.90 Å². The molecule has 0 spiro atoms. The molecule has 3 nitrogen and oxygen atoms in total. The van der Waals surface area contributed by atoms with Gasteiger partial charge in [0.25, 0.3) is 0 Å². The van der Waals surface area contributed by atoms with E-state index in [9.17, 15) is 14.4 Å². The lowest BCUT2D eigenvalue weighted by atomic mass is 9.90. The molecule has 1 amide bonds. The second kappa shape index (κ2) is 6.76. The lowest BCUT2D eigenvalue weighted by molar-refractivity contribution is -0.121. The van der Waals surface area contributed by atoms with Crippen LogP contribution in [0.2, 0.25) is 0 Å². The maximum absolute atomic E-state index is 13.5. The molecular weight excluding hydrogens is 275 g/mol. The van der Waals surface area contributed by atoms with Gasteiger partial charge in [-0.3, -0.25) is 4.79 Å². The first-order valence-corrected chi connectivity index (χ1v) is 7.32. The van der Waals surface area contributed by atoms with E-state index >= 15 is 0 Å². The lowest BCUT2D eigenvalue weighted by Gasteiger charge is -2.28. The molecule has 0 aromatic heterocycles. The first-order chi connectivity index (χ1) is 9.30. The number of rotatable bonds is 5. The average molecular weight is 294 g/mol. The molecule has 1 N–H and O–H groups in total. The van der Waals surface area contributed by atoms with Gasteiger partial charge in [-0.05, 0) is 31.9 Å². The molecule has 0 aliphatic rings. The van der Waals surface area contributed by atoms with Gasteiger partial charge >= 0.3 is 0 Å². The molecule has 0 unspecified atom stereocenters. The molecule has 0 saturated heterocycles. The Morgan fingerprint density at radius 1 is 1.40 bits per heavy atom. The van der Waals surface area contributed by atoms with Crippen molar-refractivity contribution in [2.45, 2.75) is 43.4 Å². The molecule has 0 bridgehead atoms. The van der Waals surface area contributed by atoms with Crippen molar-refractivity contribution in [3.8, 4) is 6.07 Å². The number of nitrogens with zero attached hydrogens (tertiary/aromatic N) is 1. The number of carbonyl (C=O) groups is 1. The molecule has 0 heterocycles. The van der Waals surface area contributed by atoms with Crippen LogP contribution in [0.1, 0.15) is 27.7 Å². The Hall–Kier alpha value is -1.54. The van der Waals surface area contributed by atoms with E-state index in [0.29, 0.717) is 4.90 Å². The van der Waals surface area contributed by atoms with E-state index in [2.05, 4.69) is 11.4 Å². The van der Waals surface area contributed by atoms with Gasteiger partial charge in [0.1, 0.15) is 11.4 Å². The molecule has 1 aromatic rings. The Morgan fingerprint density at radius 3 is 2.50 bits per heavy atom. The SMILES string of the molecule is CC(C)[C@@](C)(C#N)NC(=O)[C@H](C)Sc1ccccc1F. The molecule has 0 aliphatic heterocycles. The van der Waals surface area contributed by atoms with Crippen LogP contribution < -0.4 is 5.32 Å². The highest BCUT2D eigenvalue weighted by Crippen LogP contribution is 2.26. The number of nitrogens with one attached hydrogen (secondary N) is 1. The van der Waals surface area contributed by atoms with Crippen LogP contribution in [0.3, 0.4) is 0 Å². The van der Waals surface area contributed by atoms with E-state index in [0.717, 1.165) is 11.8 Å². The molecule has 0 fully saturated rings. The van der Waals surface area contributed by atoms with Crippen molar-refractivity contribution in [1.82, 2.24) is 5.32 Å². The van der Waals surface area contributed by atoms with Crippen molar-refractivity contribution in [3.63, 3.8) is 0 Å². The summed E-state index contributed by atoms with van der Waals surface area (Å²) >= 11 is 1.14. The fourth-order valence-electron chi connectivity index (χ4n) is 1.44. The minimum absolute atomic E-state index is 0.0119. The zero-order valence-electron chi connectivity index (χ0n) is 12.1. The predicted molar refractivity (Wildman–Crippen MR) is 78.7 cm³/mol. The first kappa shape index (κ1) is 16.5. The number of benzene rings is 1. The Balaban J connectivity index is 2.74. The highest BCUT2D eigenvalue weighted by Gasteiger charge is 2.31. The van der Waals surface area contributed by atoms with Crippen LogP contribution in [0, 0.1) is 23.1 Å². The van der Waals surface area contributed by atoms with Gasteiger partial charge in [-0.25, -0.2) is 4.39 Å². The monoisotopic (exact) mass is 294 g/mol. The van der Waals surface area contributed by atoms with Gasteiger partial charge in [0.2, 0.25) is 5.91 Å². The lowest BCUT2D eigenvalue weighted by Crippen LogP contribution is -2.51. The van der Waals surface area contributed by atoms with Crippen molar-refractivity contribution >= 4 is 17.7 Å². The van der Waals surface area contributed by atoms with Crippen molar-refractivity contribution in [2.24, 2.45) is 5.92 Å². The molecule has 2 atom stereocenters. The summed E-state index contributed by atoms with van der Waals surface area (Å²) in [6.45, 7) is 7.14. The third kappa shape index (κ3) is 3.97. The molecular formula is C15H19FN2OS. The van der Waals surface area contributed by atoms with Crippen molar-refractivity contribution in [2.75, 3.05) is 0 Å². The Labute approximate surface area is 123 Å². The van der Waals surface area contributed by atoms with Crippen molar-refractivity contribution in [1.29, 1.82) is 5.26 Å². The maximum atomic E-state index is 13.5. The summed E-state index contributed by atoms with van der Waals surface area (Å²) in [7, 11) is 0. The van der Waals surface area contributed by atoms with E-state index in [1.807, 2.05) is 13.8 Å². The van der Waals surface area contributed by atoms with Crippen LogP contribution in [-0.4, -0.2) is 16.7 Å². The number of halogens is 1. The normalized spacial score (nSPS) is 15.2. The van der Waals surface area contributed by atoms with Gasteiger partial charge in [-0.15, -0.1) is 11.8 Å². The average Bonchev–Trinajstić information content (AvgIpc) is 2.40. The number of nitriles is 1. The summed E-state index contributed by atoms with van der Waals surface area (Å²) in [5, 5.41) is 11.5. The van der Waals surface area contributed by atoms with Crippen LogP contribution in [0.4, 0.5) is 4.39 Å². The fraction of sp³-hybridized carbons (Fsp3) is 0.467. The zero-order valence-corrected chi connectivity index (χ0v) is 12.9. The van der Waals surface area contributed by atoms with E-state index in [4.69, 9.17) is 0 Å². The van der Waals surface area contributed by atoms with Crippen LogP contribution in [0.15, 0.2) is 29.2 Å². The summed E-state index contributed by atoms with van der Waals surface area (Å²) in [5.74, 6) is -0.623. The molecule has 1 rings (SSSR count). The van der Waals surface area contributed by atoms with E-state index in [1.165, 1.54) is 6.07 Å². The van der Waals surface area contributed by atoms with Crippen LogP contribution in [-0.2, 0) is 4.79 Å². The largest absolute Gasteiger partial charge is 0.337 e. The smallest absolute Gasteiger partial charge is 0.234 e. The molecule has 1 aromatic carbocycles. The van der Waals surface area contributed by atoms with Crippen molar-refractivity contribution in [3.05, 3.63) is 30.1 Å². The first-order valence-electron chi connectivity index (χ1n) is 6.44. The number of hydrogen-bond acceptors (Lipinski definition) is 3. The molecule has 0 radical (unpaired) electrons. The van der Waals surface area contributed by atoms with Gasteiger partial charge in [-0.2, -0.15) is 5.26 Å². The quantitative estimate of drug-likeness (QED) is 0.847. The predicted octanol–water partition coefficient (Wildman–Crippen LogP) is 3.36. The van der Waals surface area contributed by atoms with E-state index in [-0.39, 0.29) is 17.6 Å². The summed E-state index contributed by atoms with van der Waals surface area (Å²) in [6, 6.07) is 8.45. The number of carbonyl (C=O) groups excluding carboxylic acids is 1. The van der Waals surface area contributed by atoms with Crippen LogP contribution >= 0.6 is 11.8 Å². The third-order valence-electron chi connectivity index (χ3n) is 3.28. The van der Waals surface area contributed by atoms with Crippen LogP contribution in [0.5, 0.6) is 0 Å². The summed E-state index contributed by atoms with van der Waals surface area (Å²) in [4.78, 5) is 12.6. The molecule has 0 aliphatic carbocycles. The molecule has 20 heavy (non-hydrogen) atoms. The summed E-state index contributed by atoms with van der Waals surface area (Å²) in [5.41, 5.74) is -0.916. The number of thioether (sulfide) groups is 1. The zero-order chi connectivity index (χ0) is 15.3. The Bertz CT molecular complexity index is 527. The van der Waals surface area contributed by atoms with E-state index < -0.39 is 10.8 Å². The minimum atomic E-state index is -0.916. The topological polar surface area (TPSA) is 52.9 Å². The van der Waals surface area contributed by atoms with Gasteiger partial charge in [0.05, 0.1) is 11.3 Å². The maximum Gasteiger partial charge on any atom is 0.234 e. The Kier molecular flexibility index (Phi) is 5.58. The number of hydrogen-bond donors (Lipinski definition) is 1. The van der Waals surface area contributed by atoms with Gasteiger partial charge in [0.15, 0.2) is 0 Å². The second-order valence-electron chi connectivity index (χ2n) is 5.15. The summed E-state index contributed by atoms with van der Waals surface area (Å²) in [6.07, 6.45) is 0. The Morgan fingerprint density at radius 2 is 2.00 bits per heavy atom. The second-order valence-corrected chi connectivity index (χ2v) is 6.53. The fourth-order valence-corrected chi connectivity index (χ4v) is 2.33. The van der Waals surface area contributed by atoms with E-state index in [1.54, 1.807) is 32.0 Å². The standard InChI is InChI=1S/C15H19FN2OS/c1-10(2)15(4,9-17)18-14(19)11(3)20-13-8-6-5-7-12(13)16/h5-8,10-11H,1-4H3,(H,18,19)/t11-,15+/m0/s1. The number of amides is 1.